The molecule has 2 heterocycles. The minimum absolute atomic E-state index is 0.0881. The molecule has 0 bridgehead atoms. The zero-order valence-electron chi connectivity index (χ0n) is 15.9. The molecular formula is C22H26FN3O2. The predicted octanol–water partition coefficient (Wildman–Crippen LogP) is 3.30. The number of fused-ring (bicyclic) bond motifs is 1. The predicted molar refractivity (Wildman–Crippen MR) is 107 cm³/mol. The number of aliphatic imine (C=N–C) groups is 1. The van der Waals surface area contributed by atoms with Crippen molar-refractivity contribution in [3.05, 3.63) is 65.5 Å². The van der Waals surface area contributed by atoms with Gasteiger partial charge in [0.25, 0.3) is 0 Å². The fraction of sp³-hybridized carbons (Fsp3) is 0.409. The number of ether oxygens (including phenoxy) is 2. The molecule has 2 aromatic rings. The number of hydrogen-bond donors (Lipinski definition) is 2. The Labute approximate surface area is 164 Å². The van der Waals surface area contributed by atoms with Crippen molar-refractivity contribution in [1.29, 1.82) is 0 Å². The van der Waals surface area contributed by atoms with Crippen molar-refractivity contribution < 1.29 is 13.9 Å². The lowest BCUT2D eigenvalue weighted by molar-refractivity contribution is 0.0531. The fourth-order valence-electron chi connectivity index (χ4n) is 4.06. The second-order valence-corrected chi connectivity index (χ2v) is 7.47. The third kappa shape index (κ3) is 3.97. The Balaban J connectivity index is 1.50. The average molecular weight is 383 g/mol. The van der Waals surface area contributed by atoms with E-state index in [1.54, 1.807) is 0 Å². The number of benzene rings is 2. The van der Waals surface area contributed by atoms with Crippen molar-refractivity contribution in [3.63, 3.8) is 0 Å². The Kier molecular flexibility index (Phi) is 5.48. The van der Waals surface area contributed by atoms with E-state index in [9.17, 15) is 4.39 Å². The fourth-order valence-corrected chi connectivity index (χ4v) is 4.06. The molecule has 4 rings (SSSR count). The Morgan fingerprint density at radius 2 is 1.86 bits per heavy atom. The standard InChI is InChI=1S/C22H26FN3O2/c23-17-7-5-16(6-8-17)22(10-13-27-14-11-22)15-25-21(24)26-19-9-12-28-20-4-2-1-3-18(19)20/h1-8,19H,9-15H2,(H3,24,25,26). The van der Waals surface area contributed by atoms with Gasteiger partial charge < -0.3 is 20.5 Å². The highest BCUT2D eigenvalue weighted by molar-refractivity contribution is 5.78. The van der Waals surface area contributed by atoms with E-state index in [4.69, 9.17) is 15.2 Å². The van der Waals surface area contributed by atoms with Crippen molar-refractivity contribution in [1.82, 2.24) is 5.32 Å². The molecular weight excluding hydrogens is 357 g/mol. The van der Waals surface area contributed by atoms with Gasteiger partial charge in [-0.15, -0.1) is 0 Å². The highest BCUT2D eigenvalue weighted by atomic mass is 19.1. The minimum Gasteiger partial charge on any atom is -0.493 e. The van der Waals surface area contributed by atoms with Gasteiger partial charge in [0.05, 0.1) is 19.2 Å². The Morgan fingerprint density at radius 3 is 2.64 bits per heavy atom. The van der Waals surface area contributed by atoms with Gasteiger partial charge in [0.15, 0.2) is 5.96 Å². The van der Waals surface area contributed by atoms with E-state index in [0.29, 0.717) is 32.3 Å². The first-order valence-electron chi connectivity index (χ1n) is 9.78. The zero-order valence-corrected chi connectivity index (χ0v) is 15.9. The van der Waals surface area contributed by atoms with Crippen LogP contribution in [0, 0.1) is 5.82 Å². The van der Waals surface area contributed by atoms with Gasteiger partial charge >= 0.3 is 0 Å². The Hall–Kier alpha value is -2.60. The number of nitrogens with two attached hydrogens (primary N) is 1. The highest BCUT2D eigenvalue weighted by Gasteiger charge is 2.34. The van der Waals surface area contributed by atoms with Crippen LogP contribution >= 0.6 is 0 Å². The number of para-hydroxylation sites is 1. The number of rotatable bonds is 4. The summed E-state index contributed by atoms with van der Waals surface area (Å²) in [6.07, 6.45) is 2.52. The number of guanidine groups is 1. The highest BCUT2D eigenvalue weighted by Crippen LogP contribution is 2.35. The van der Waals surface area contributed by atoms with Crippen molar-refractivity contribution in [2.75, 3.05) is 26.4 Å². The van der Waals surface area contributed by atoms with Crippen molar-refractivity contribution in [2.45, 2.75) is 30.7 Å². The van der Waals surface area contributed by atoms with Crippen LogP contribution in [0.25, 0.3) is 0 Å². The smallest absolute Gasteiger partial charge is 0.189 e. The molecule has 1 saturated heterocycles. The molecule has 28 heavy (non-hydrogen) atoms. The summed E-state index contributed by atoms with van der Waals surface area (Å²) in [6, 6.07) is 14.8. The van der Waals surface area contributed by atoms with Crippen molar-refractivity contribution in [2.24, 2.45) is 10.7 Å². The summed E-state index contributed by atoms with van der Waals surface area (Å²) in [5.41, 5.74) is 8.26. The summed E-state index contributed by atoms with van der Waals surface area (Å²) >= 11 is 0. The first-order chi connectivity index (χ1) is 13.7. The van der Waals surface area contributed by atoms with Crippen molar-refractivity contribution in [3.8, 4) is 5.75 Å². The molecule has 0 amide bonds. The van der Waals surface area contributed by atoms with Crippen molar-refractivity contribution >= 4 is 5.96 Å². The minimum atomic E-state index is -0.228. The third-order valence-corrected chi connectivity index (χ3v) is 5.74. The van der Waals surface area contributed by atoms with Crippen LogP contribution < -0.4 is 15.8 Å². The van der Waals surface area contributed by atoms with E-state index in [-0.39, 0.29) is 17.3 Å². The van der Waals surface area contributed by atoms with E-state index in [1.807, 2.05) is 30.3 Å². The second kappa shape index (κ2) is 8.19. The van der Waals surface area contributed by atoms with Crippen LogP contribution in [-0.4, -0.2) is 32.3 Å². The van der Waals surface area contributed by atoms with Crippen LogP contribution in [0.3, 0.4) is 0 Å². The quantitative estimate of drug-likeness (QED) is 0.628. The molecule has 0 spiro atoms. The SMILES string of the molecule is NC(=NCC1(c2ccc(F)cc2)CCOCC1)NC1CCOc2ccccc21. The van der Waals surface area contributed by atoms with Crippen LogP contribution in [0.1, 0.15) is 36.4 Å². The summed E-state index contributed by atoms with van der Waals surface area (Å²) in [5.74, 6) is 1.09. The summed E-state index contributed by atoms with van der Waals surface area (Å²) in [4.78, 5) is 4.68. The van der Waals surface area contributed by atoms with E-state index in [2.05, 4.69) is 16.4 Å². The number of halogens is 1. The molecule has 1 unspecified atom stereocenters. The number of hydrogen-bond acceptors (Lipinski definition) is 3. The summed E-state index contributed by atoms with van der Waals surface area (Å²) in [7, 11) is 0. The lowest BCUT2D eigenvalue weighted by atomic mass is 9.74. The van der Waals surface area contributed by atoms with Gasteiger partial charge in [-0.05, 0) is 36.6 Å². The maximum Gasteiger partial charge on any atom is 0.189 e. The van der Waals surface area contributed by atoms with E-state index in [0.717, 1.165) is 36.1 Å². The largest absolute Gasteiger partial charge is 0.493 e. The lowest BCUT2D eigenvalue weighted by Crippen LogP contribution is -2.41. The molecule has 0 saturated carbocycles. The molecule has 2 aromatic carbocycles. The molecule has 0 aromatic heterocycles. The van der Waals surface area contributed by atoms with Gasteiger partial charge in [0, 0.05) is 30.6 Å². The maximum atomic E-state index is 13.4. The molecule has 5 nitrogen and oxygen atoms in total. The van der Waals surface area contributed by atoms with Gasteiger partial charge in [0.1, 0.15) is 11.6 Å². The normalized spacial score (nSPS) is 21.5. The van der Waals surface area contributed by atoms with Gasteiger partial charge in [-0.3, -0.25) is 4.99 Å². The van der Waals surface area contributed by atoms with E-state index in [1.165, 1.54) is 12.1 Å². The van der Waals surface area contributed by atoms with Gasteiger partial charge in [0.2, 0.25) is 0 Å². The average Bonchev–Trinajstić information content (AvgIpc) is 2.74. The molecule has 148 valence electrons. The monoisotopic (exact) mass is 383 g/mol. The van der Waals surface area contributed by atoms with Gasteiger partial charge in [-0.25, -0.2) is 4.39 Å². The Bertz CT molecular complexity index is 832. The maximum absolute atomic E-state index is 13.4. The molecule has 3 N–H and O–H groups in total. The number of nitrogens with zero attached hydrogens (tertiary/aromatic N) is 1. The topological polar surface area (TPSA) is 68.9 Å². The molecule has 1 atom stereocenters. The molecule has 1 fully saturated rings. The molecule has 2 aliphatic rings. The Morgan fingerprint density at radius 1 is 1.11 bits per heavy atom. The van der Waals surface area contributed by atoms with E-state index >= 15 is 0 Å². The molecule has 0 radical (unpaired) electrons. The molecule has 6 heteroatoms. The van der Waals surface area contributed by atoms with Crippen LogP contribution in [0.2, 0.25) is 0 Å². The summed E-state index contributed by atoms with van der Waals surface area (Å²) < 4.78 is 24.6. The van der Waals surface area contributed by atoms with Gasteiger partial charge in [-0.2, -0.15) is 0 Å². The lowest BCUT2D eigenvalue weighted by Gasteiger charge is -2.36. The van der Waals surface area contributed by atoms with Crippen LogP contribution in [0.15, 0.2) is 53.5 Å². The van der Waals surface area contributed by atoms with Gasteiger partial charge in [-0.1, -0.05) is 30.3 Å². The van der Waals surface area contributed by atoms with Crippen LogP contribution in [0.5, 0.6) is 5.75 Å². The first-order valence-corrected chi connectivity index (χ1v) is 9.78. The van der Waals surface area contributed by atoms with Crippen LogP contribution in [-0.2, 0) is 10.2 Å². The second-order valence-electron chi connectivity index (χ2n) is 7.47. The first kappa shape index (κ1) is 18.7. The molecule has 0 aliphatic carbocycles. The number of nitrogens with one attached hydrogen (secondary N) is 1. The molecule has 2 aliphatic heterocycles. The summed E-state index contributed by atoms with van der Waals surface area (Å²) in [5, 5.41) is 3.35. The zero-order chi connectivity index (χ0) is 19.4. The van der Waals surface area contributed by atoms with E-state index < -0.39 is 0 Å². The van der Waals surface area contributed by atoms with Crippen LogP contribution in [0.4, 0.5) is 4.39 Å². The summed E-state index contributed by atoms with van der Waals surface area (Å²) in [6.45, 7) is 2.55. The third-order valence-electron chi connectivity index (χ3n) is 5.74.